The van der Waals surface area contributed by atoms with Crippen LogP contribution in [0.25, 0.3) is 0 Å². The number of ether oxygens (including phenoxy) is 1. The Bertz CT molecular complexity index is 290. The van der Waals surface area contributed by atoms with E-state index in [1.54, 1.807) is 0 Å². The Balaban J connectivity index is 2.21. The zero-order valence-corrected chi connectivity index (χ0v) is 10.8. The normalized spacial score (nSPS) is 12.9. The van der Waals surface area contributed by atoms with Crippen molar-refractivity contribution in [1.29, 1.82) is 0 Å². The van der Waals surface area contributed by atoms with E-state index in [1.807, 2.05) is 37.3 Å². The van der Waals surface area contributed by atoms with Crippen LogP contribution in [0.4, 0.5) is 0 Å². The molecule has 0 bridgehead atoms. The second-order valence-electron chi connectivity index (χ2n) is 4.22. The average Bonchev–Trinajstić information content (AvgIpc) is 2.37. The zero-order valence-electron chi connectivity index (χ0n) is 10.8. The number of likely N-dealkylation sites (N-methyl/N-ethyl adjacent to an activating group) is 1. The van der Waals surface area contributed by atoms with Gasteiger partial charge in [0, 0.05) is 19.7 Å². The molecular formula is C14H23NO2. The molecule has 0 aliphatic carbocycles. The van der Waals surface area contributed by atoms with E-state index in [4.69, 9.17) is 4.74 Å². The molecule has 1 aromatic carbocycles. The highest BCUT2D eigenvalue weighted by Crippen LogP contribution is 2.15. The van der Waals surface area contributed by atoms with E-state index < -0.39 is 0 Å². The lowest BCUT2D eigenvalue weighted by molar-refractivity contribution is 0.109. The zero-order chi connectivity index (χ0) is 12.5. The number of aliphatic hydroxyl groups excluding tert-OH is 1. The van der Waals surface area contributed by atoms with Gasteiger partial charge in [0.05, 0.1) is 12.7 Å². The van der Waals surface area contributed by atoms with Gasteiger partial charge in [-0.2, -0.15) is 0 Å². The van der Waals surface area contributed by atoms with Gasteiger partial charge in [0.15, 0.2) is 0 Å². The third-order valence-electron chi connectivity index (χ3n) is 2.79. The van der Waals surface area contributed by atoms with Crippen LogP contribution in [0.2, 0.25) is 0 Å². The van der Waals surface area contributed by atoms with Crippen LogP contribution in [0.1, 0.15) is 25.0 Å². The standard InChI is InChI=1S/C14H23NO2/c1-3-17-12-11-15(2)10-9-14(16)13-7-5-4-6-8-13/h4-8,14,16H,3,9-12H2,1-2H3. The predicted octanol–water partition coefficient (Wildman–Crippen LogP) is 2.08. The Morgan fingerprint density at radius 1 is 1.24 bits per heavy atom. The highest BCUT2D eigenvalue weighted by molar-refractivity contribution is 5.17. The van der Waals surface area contributed by atoms with Crippen LogP contribution in [-0.4, -0.2) is 43.4 Å². The van der Waals surface area contributed by atoms with Crippen molar-refractivity contribution < 1.29 is 9.84 Å². The first-order valence-electron chi connectivity index (χ1n) is 6.23. The quantitative estimate of drug-likeness (QED) is 0.703. The second-order valence-corrected chi connectivity index (χ2v) is 4.22. The van der Waals surface area contributed by atoms with Gasteiger partial charge in [-0.25, -0.2) is 0 Å². The molecule has 1 atom stereocenters. The Kier molecular flexibility index (Phi) is 6.86. The summed E-state index contributed by atoms with van der Waals surface area (Å²) in [7, 11) is 2.05. The van der Waals surface area contributed by atoms with Crippen molar-refractivity contribution in [3.63, 3.8) is 0 Å². The fraction of sp³-hybridized carbons (Fsp3) is 0.571. The third-order valence-corrected chi connectivity index (χ3v) is 2.79. The lowest BCUT2D eigenvalue weighted by Gasteiger charge is -2.18. The smallest absolute Gasteiger partial charge is 0.0802 e. The molecule has 0 heterocycles. The van der Waals surface area contributed by atoms with E-state index in [2.05, 4.69) is 11.9 Å². The molecule has 0 spiro atoms. The van der Waals surface area contributed by atoms with Crippen molar-refractivity contribution in [2.45, 2.75) is 19.4 Å². The van der Waals surface area contributed by atoms with Crippen LogP contribution >= 0.6 is 0 Å². The fourth-order valence-corrected chi connectivity index (χ4v) is 1.66. The first kappa shape index (κ1) is 14.2. The van der Waals surface area contributed by atoms with Crippen molar-refractivity contribution in [2.75, 3.05) is 33.4 Å². The van der Waals surface area contributed by atoms with Gasteiger partial charge < -0.3 is 14.7 Å². The summed E-state index contributed by atoms with van der Waals surface area (Å²) in [5.41, 5.74) is 0.991. The summed E-state index contributed by atoms with van der Waals surface area (Å²) < 4.78 is 5.29. The van der Waals surface area contributed by atoms with Crippen LogP contribution < -0.4 is 0 Å². The molecule has 0 fully saturated rings. The summed E-state index contributed by atoms with van der Waals surface area (Å²) in [6.07, 6.45) is 0.387. The Hall–Kier alpha value is -0.900. The first-order chi connectivity index (χ1) is 8.24. The average molecular weight is 237 g/mol. The number of nitrogens with zero attached hydrogens (tertiary/aromatic N) is 1. The van der Waals surface area contributed by atoms with Crippen LogP contribution in [0.15, 0.2) is 30.3 Å². The maximum atomic E-state index is 9.98. The van der Waals surface area contributed by atoms with E-state index in [9.17, 15) is 5.11 Å². The van der Waals surface area contributed by atoms with Crippen molar-refractivity contribution in [1.82, 2.24) is 4.90 Å². The van der Waals surface area contributed by atoms with Crippen LogP contribution in [0, 0.1) is 0 Å². The van der Waals surface area contributed by atoms with E-state index in [-0.39, 0.29) is 6.10 Å². The maximum absolute atomic E-state index is 9.98. The highest BCUT2D eigenvalue weighted by Gasteiger charge is 2.08. The van der Waals surface area contributed by atoms with Gasteiger partial charge in [0.25, 0.3) is 0 Å². The molecule has 96 valence electrons. The molecule has 1 unspecified atom stereocenters. The summed E-state index contributed by atoms with van der Waals surface area (Å²) >= 11 is 0. The maximum Gasteiger partial charge on any atom is 0.0802 e. The SMILES string of the molecule is CCOCCN(C)CCC(O)c1ccccc1. The molecule has 3 heteroatoms. The summed E-state index contributed by atoms with van der Waals surface area (Å²) in [6.45, 7) is 5.31. The molecule has 0 amide bonds. The monoisotopic (exact) mass is 237 g/mol. The molecular weight excluding hydrogens is 214 g/mol. The molecule has 0 radical (unpaired) electrons. The fourth-order valence-electron chi connectivity index (χ4n) is 1.66. The molecule has 17 heavy (non-hydrogen) atoms. The largest absolute Gasteiger partial charge is 0.388 e. The molecule has 1 rings (SSSR count). The Labute approximate surface area is 104 Å². The van der Waals surface area contributed by atoms with Crippen molar-refractivity contribution >= 4 is 0 Å². The summed E-state index contributed by atoms with van der Waals surface area (Å²) in [5, 5.41) is 9.98. The molecule has 1 aromatic rings. The van der Waals surface area contributed by atoms with Gasteiger partial charge in [-0.05, 0) is 26.0 Å². The molecule has 0 aromatic heterocycles. The lowest BCUT2D eigenvalue weighted by atomic mass is 10.1. The minimum atomic E-state index is -0.370. The molecule has 0 aliphatic rings. The molecule has 0 saturated carbocycles. The van der Waals surface area contributed by atoms with Gasteiger partial charge in [-0.1, -0.05) is 30.3 Å². The summed E-state index contributed by atoms with van der Waals surface area (Å²) in [6, 6.07) is 9.80. The van der Waals surface area contributed by atoms with Gasteiger partial charge in [-0.15, -0.1) is 0 Å². The summed E-state index contributed by atoms with van der Waals surface area (Å²) in [4.78, 5) is 2.18. The third kappa shape index (κ3) is 5.82. The van der Waals surface area contributed by atoms with Crippen LogP contribution in [0.5, 0.6) is 0 Å². The molecule has 0 saturated heterocycles. The van der Waals surface area contributed by atoms with E-state index in [1.165, 1.54) is 0 Å². The van der Waals surface area contributed by atoms with Gasteiger partial charge >= 0.3 is 0 Å². The van der Waals surface area contributed by atoms with Gasteiger partial charge in [0.2, 0.25) is 0 Å². The highest BCUT2D eigenvalue weighted by atomic mass is 16.5. The molecule has 3 nitrogen and oxygen atoms in total. The lowest BCUT2D eigenvalue weighted by Crippen LogP contribution is -2.25. The number of hydrogen-bond donors (Lipinski definition) is 1. The minimum absolute atomic E-state index is 0.370. The minimum Gasteiger partial charge on any atom is -0.388 e. The van der Waals surface area contributed by atoms with Crippen molar-refractivity contribution in [2.24, 2.45) is 0 Å². The van der Waals surface area contributed by atoms with Crippen molar-refractivity contribution in [3.8, 4) is 0 Å². The van der Waals surface area contributed by atoms with E-state index in [0.717, 1.165) is 38.3 Å². The topological polar surface area (TPSA) is 32.7 Å². The molecule has 0 aliphatic heterocycles. The Morgan fingerprint density at radius 3 is 2.59 bits per heavy atom. The van der Waals surface area contributed by atoms with Crippen LogP contribution in [-0.2, 0) is 4.74 Å². The van der Waals surface area contributed by atoms with Crippen molar-refractivity contribution in [3.05, 3.63) is 35.9 Å². The number of aliphatic hydroxyl groups is 1. The van der Waals surface area contributed by atoms with Crippen LogP contribution in [0.3, 0.4) is 0 Å². The van der Waals surface area contributed by atoms with Gasteiger partial charge in [0.1, 0.15) is 0 Å². The Morgan fingerprint density at radius 2 is 1.94 bits per heavy atom. The molecule has 1 N–H and O–H groups in total. The second kappa shape index (κ2) is 8.23. The number of hydrogen-bond acceptors (Lipinski definition) is 3. The van der Waals surface area contributed by atoms with E-state index in [0.29, 0.717) is 0 Å². The number of rotatable bonds is 8. The number of benzene rings is 1. The van der Waals surface area contributed by atoms with Gasteiger partial charge in [-0.3, -0.25) is 0 Å². The summed E-state index contributed by atoms with van der Waals surface area (Å²) in [5.74, 6) is 0. The van der Waals surface area contributed by atoms with E-state index >= 15 is 0 Å². The first-order valence-corrected chi connectivity index (χ1v) is 6.23. The predicted molar refractivity (Wildman–Crippen MR) is 70.0 cm³/mol.